The van der Waals surface area contributed by atoms with Crippen molar-refractivity contribution >= 4 is 28.1 Å². The van der Waals surface area contributed by atoms with Crippen molar-refractivity contribution in [3.8, 4) is 11.4 Å². The van der Waals surface area contributed by atoms with Crippen molar-refractivity contribution in [3.05, 3.63) is 70.7 Å². The van der Waals surface area contributed by atoms with Gasteiger partial charge < -0.3 is 4.90 Å². The lowest BCUT2D eigenvalue weighted by Gasteiger charge is -2.35. The summed E-state index contributed by atoms with van der Waals surface area (Å²) in [7, 11) is 0. The predicted molar refractivity (Wildman–Crippen MR) is 119 cm³/mol. The van der Waals surface area contributed by atoms with E-state index in [1.165, 1.54) is 5.69 Å². The Bertz CT molecular complexity index is 1120. The molecule has 5 nitrogen and oxygen atoms in total. The minimum Gasteiger partial charge on any atom is -0.353 e. The summed E-state index contributed by atoms with van der Waals surface area (Å²) in [6, 6.07) is 18.6. The molecule has 0 unspecified atom stereocenters. The summed E-state index contributed by atoms with van der Waals surface area (Å²) < 4.78 is 0. The average Bonchev–Trinajstić information content (AvgIpc) is 3.18. The molecule has 0 spiro atoms. The SMILES string of the molecule is Cc1nc(CN2CCN(c3nc(-c4ccccc4)nc4ccccc34)CC2)cs1. The fourth-order valence-electron chi connectivity index (χ4n) is 3.84. The van der Waals surface area contributed by atoms with Gasteiger partial charge in [0.15, 0.2) is 5.82 Å². The molecule has 3 heterocycles. The molecule has 2 aromatic heterocycles. The van der Waals surface area contributed by atoms with Gasteiger partial charge in [-0.2, -0.15) is 0 Å². The number of hydrogen-bond donors (Lipinski definition) is 0. The summed E-state index contributed by atoms with van der Waals surface area (Å²) in [5, 5.41) is 4.43. The van der Waals surface area contributed by atoms with Crippen LogP contribution in [0.15, 0.2) is 60.0 Å². The summed E-state index contributed by atoms with van der Waals surface area (Å²) in [4.78, 5) is 19.3. The van der Waals surface area contributed by atoms with E-state index in [0.29, 0.717) is 0 Å². The maximum atomic E-state index is 4.99. The Morgan fingerprint density at radius 2 is 1.62 bits per heavy atom. The first-order valence-corrected chi connectivity index (χ1v) is 10.8. The maximum absolute atomic E-state index is 4.99. The lowest BCUT2D eigenvalue weighted by atomic mass is 10.1. The molecule has 146 valence electrons. The summed E-state index contributed by atoms with van der Waals surface area (Å²) in [5.74, 6) is 1.83. The van der Waals surface area contributed by atoms with Crippen LogP contribution >= 0.6 is 11.3 Å². The van der Waals surface area contributed by atoms with Gasteiger partial charge in [-0.3, -0.25) is 4.90 Å². The second kappa shape index (κ2) is 7.89. The number of benzene rings is 2. The highest BCUT2D eigenvalue weighted by atomic mass is 32.1. The zero-order valence-corrected chi connectivity index (χ0v) is 17.3. The number of rotatable bonds is 4. The van der Waals surface area contributed by atoms with Crippen LogP contribution in [0.2, 0.25) is 0 Å². The van der Waals surface area contributed by atoms with Gasteiger partial charge in [0, 0.05) is 49.1 Å². The van der Waals surface area contributed by atoms with Crippen LogP contribution in [0.4, 0.5) is 5.82 Å². The van der Waals surface area contributed by atoms with Crippen LogP contribution < -0.4 is 4.90 Å². The van der Waals surface area contributed by atoms with E-state index in [0.717, 1.165) is 65.8 Å². The van der Waals surface area contributed by atoms with Crippen LogP contribution in [-0.2, 0) is 6.54 Å². The van der Waals surface area contributed by atoms with Crippen LogP contribution in [0.3, 0.4) is 0 Å². The molecular formula is C23H23N5S. The van der Waals surface area contributed by atoms with Crippen molar-refractivity contribution in [2.75, 3.05) is 31.1 Å². The lowest BCUT2D eigenvalue weighted by molar-refractivity contribution is 0.247. The summed E-state index contributed by atoms with van der Waals surface area (Å²) in [5.41, 5.74) is 3.23. The molecule has 4 aromatic rings. The predicted octanol–water partition coefficient (Wildman–Crippen LogP) is 4.38. The molecule has 0 amide bonds. The van der Waals surface area contributed by atoms with Gasteiger partial charge in [-0.25, -0.2) is 15.0 Å². The highest BCUT2D eigenvalue weighted by molar-refractivity contribution is 7.09. The Balaban J connectivity index is 1.41. The van der Waals surface area contributed by atoms with E-state index in [1.807, 2.05) is 24.3 Å². The van der Waals surface area contributed by atoms with E-state index in [-0.39, 0.29) is 0 Å². The molecule has 0 radical (unpaired) electrons. The van der Waals surface area contributed by atoms with Crippen molar-refractivity contribution in [2.45, 2.75) is 13.5 Å². The largest absolute Gasteiger partial charge is 0.353 e. The first kappa shape index (κ1) is 18.2. The molecular weight excluding hydrogens is 378 g/mol. The Morgan fingerprint density at radius 1 is 0.862 bits per heavy atom. The van der Waals surface area contributed by atoms with E-state index >= 15 is 0 Å². The molecule has 6 heteroatoms. The van der Waals surface area contributed by atoms with Crippen LogP contribution in [0.1, 0.15) is 10.7 Å². The normalized spacial score (nSPS) is 15.1. The van der Waals surface area contributed by atoms with Gasteiger partial charge >= 0.3 is 0 Å². The van der Waals surface area contributed by atoms with Crippen LogP contribution in [0.25, 0.3) is 22.3 Å². The van der Waals surface area contributed by atoms with E-state index in [9.17, 15) is 0 Å². The van der Waals surface area contributed by atoms with Crippen molar-refractivity contribution in [3.63, 3.8) is 0 Å². The van der Waals surface area contributed by atoms with Crippen molar-refractivity contribution in [1.82, 2.24) is 19.9 Å². The number of nitrogens with zero attached hydrogens (tertiary/aromatic N) is 5. The topological polar surface area (TPSA) is 45.2 Å². The fraction of sp³-hybridized carbons (Fsp3) is 0.261. The summed E-state index contributed by atoms with van der Waals surface area (Å²) in [6.45, 7) is 6.93. The molecule has 1 saturated heterocycles. The minimum atomic E-state index is 0.791. The molecule has 0 aliphatic carbocycles. The fourth-order valence-corrected chi connectivity index (χ4v) is 4.45. The number of piperazine rings is 1. The van der Waals surface area contributed by atoms with Gasteiger partial charge in [-0.05, 0) is 19.1 Å². The van der Waals surface area contributed by atoms with Gasteiger partial charge in [0.05, 0.1) is 16.2 Å². The average molecular weight is 402 g/mol. The number of anilines is 1. The molecule has 0 N–H and O–H groups in total. The molecule has 1 aliphatic rings. The molecule has 2 aromatic carbocycles. The van der Waals surface area contributed by atoms with Gasteiger partial charge in [-0.15, -0.1) is 11.3 Å². The molecule has 1 aliphatic heterocycles. The van der Waals surface area contributed by atoms with Crippen LogP contribution in [0, 0.1) is 6.92 Å². The van der Waals surface area contributed by atoms with E-state index in [2.05, 4.69) is 57.4 Å². The quantitative estimate of drug-likeness (QED) is 0.508. The number of aryl methyl sites for hydroxylation is 1. The lowest BCUT2D eigenvalue weighted by Crippen LogP contribution is -2.46. The Morgan fingerprint density at radius 3 is 2.38 bits per heavy atom. The second-order valence-electron chi connectivity index (χ2n) is 7.38. The summed E-state index contributed by atoms with van der Waals surface area (Å²) >= 11 is 1.73. The van der Waals surface area contributed by atoms with E-state index in [1.54, 1.807) is 11.3 Å². The highest BCUT2D eigenvalue weighted by Gasteiger charge is 2.21. The molecule has 0 saturated carbocycles. The number of aromatic nitrogens is 3. The highest BCUT2D eigenvalue weighted by Crippen LogP contribution is 2.28. The smallest absolute Gasteiger partial charge is 0.162 e. The van der Waals surface area contributed by atoms with Gasteiger partial charge in [-0.1, -0.05) is 42.5 Å². The third kappa shape index (κ3) is 3.86. The third-order valence-electron chi connectivity index (χ3n) is 5.34. The Hall–Kier alpha value is -2.83. The van der Waals surface area contributed by atoms with Gasteiger partial charge in [0.2, 0.25) is 0 Å². The van der Waals surface area contributed by atoms with Gasteiger partial charge in [0.25, 0.3) is 0 Å². The van der Waals surface area contributed by atoms with Crippen molar-refractivity contribution < 1.29 is 0 Å². The van der Waals surface area contributed by atoms with Crippen LogP contribution in [0.5, 0.6) is 0 Å². The number of thiazole rings is 1. The molecule has 29 heavy (non-hydrogen) atoms. The Kier molecular flexibility index (Phi) is 4.96. The molecule has 0 atom stereocenters. The van der Waals surface area contributed by atoms with Gasteiger partial charge in [0.1, 0.15) is 5.82 Å². The zero-order valence-electron chi connectivity index (χ0n) is 16.5. The van der Waals surface area contributed by atoms with E-state index < -0.39 is 0 Å². The second-order valence-corrected chi connectivity index (χ2v) is 8.44. The first-order chi connectivity index (χ1) is 14.3. The maximum Gasteiger partial charge on any atom is 0.162 e. The molecule has 1 fully saturated rings. The van der Waals surface area contributed by atoms with Crippen LogP contribution in [-0.4, -0.2) is 46.0 Å². The number of fused-ring (bicyclic) bond motifs is 1. The standard InChI is InChI=1S/C23H23N5S/c1-17-24-19(16-29-17)15-27-11-13-28(14-12-27)23-20-9-5-6-10-21(20)25-22(26-23)18-7-3-2-4-8-18/h2-10,16H,11-15H2,1H3. The monoisotopic (exact) mass is 401 g/mol. The third-order valence-corrected chi connectivity index (χ3v) is 6.16. The van der Waals surface area contributed by atoms with Crippen molar-refractivity contribution in [2.24, 2.45) is 0 Å². The molecule has 5 rings (SSSR count). The zero-order chi connectivity index (χ0) is 19.6. The van der Waals surface area contributed by atoms with E-state index in [4.69, 9.17) is 9.97 Å². The van der Waals surface area contributed by atoms with Crippen molar-refractivity contribution in [1.29, 1.82) is 0 Å². The summed E-state index contributed by atoms with van der Waals surface area (Å²) in [6.07, 6.45) is 0. The number of hydrogen-bond acceptors (Lipinski definition) is 6. The molecule has 0 bridgehead atoms. The Labute approximate surface area is 174 Å². The number of para-hydroxylation sites is 1. The first-order valence-electron chi connectivity index (χ1n) is 9.97. The minimum absolute atomic E-state index is 0.791.